The fourth-order valence-electron chi connectivity index (χ4n) is 4.43. The van der Waals surface area contributed by atoms with Gasteiger partial charge in [0.05, 0.1) is 18.8 Å². The van der Waals surface area contributed by atoms with Gasteiger partial charge in [0.1, 0.15) is 0 Å². The zero-order chi connectivity index (χ0) is 28.3. The molecule has 3 atom stereocenters. The number of anilines is 1. The average molecular weight is 569 g/mol. The molecule has 3 aromatic rings. The number of nitrogens with one attached hydrogen (secondary N) is 2. The number of nitrogens with zero attached hydrogens (tertiary/aromatic N) is 2. The van der Waals surface area contributed by atoms with Gasteiger partial charge in [-0.2, -0.15) is 0 Å². The van der Waals surface area contributed by atoms with E-state index in [1.54, 1.807) is 23.4 Å². The van der Waals surface area contributed by atoms with E-state index in [9.17, 15) is 14.7 Å². The molecule has 1 aromatic heterocycles. The maximum absolute atomic E-state index is 12.3. The lowest BCUT2D eigenvalue weighted by molar-refractivity contribution is -0.245. The van der Waals surface area contributed by atoms with Crippen molar-refractivity contribution in [2.45, 2.75) is 68.8 Å². The van der Waals surface area contributed by atoms with Gasteiger partial charge in [0, 0.05) is 55.7 Å². The minimum atomic E-state index is -0.580. The number of benzene rings is 2. The highest BCUT2D eigenvalue weighted by Crippen LogP contribution is 2.39. The fraction of sp³-hybridized carbons (Fsp3) is 0.414. The average Bonchev–Trinajstić information content (AvgIpc) is 3.40. The van der Waals surface area contributed by atoms with Crippen LogP contribution in [0.4, 0.5) is 5.69 Å². The Morgan fingerprint density at radius 3 is 2.35 bits per heavy atom. The van der Waals surface area contributed by atoms with Crippen molar-refractivity contribution in [1.29, 1.82) is 0 Å². The second-order valence-corrected chi connectivity index (χ2v) is 10.7. The van der Waals surface area contributed by atoms with Crippen LogP contribution in [0.1, 0.15) is 67.6 Å². The highest BCUT2D eigenvalue weighted by molar-refractivity contribution is 7.99. The van der Waals surface area contributed by atoms with Crippen molar-refractivity contribution in [3.63, 3.8) is 0 Å². The van der Waals surface area contributed by atoms with Crippen LogP contribution in [0, 0.1) is 0 Å². The van der Waals surface area contributed by atoms with Crippen LogP contribution in [-0.4, -0.2) is 43.5 Å². The van der Waals surface area contributed by atoms with E-state index in [2.05, 4.69) is 10.3 Å². The molecule has 1 fully saturated rings. The molecule has 2 heterocycles. The smallest absolute Gasteiger partial charge is 0.243 e. The molecule has 10 nitrogen and oxygen atoms in total. The molecule has 0 radical (unpaired) electrons. The number of rotatable bonds is 13. The maximum atomic E-state index is 12.3. The monoisotopic (exact) mass is 568 g/mol. The SMILES string of the molecule is Cn1ccnc1SC[C@H]1C[C@@H](c2ccc(CO)cc2)O[C@@H](c2ccc(NC(=O)CCCCCC(=O)NO)cc2)O1. The van der Waals surface area contributed by atoms with E-state index in [4.69, 9.17) is 14.7 Å². The Balaban J connectivity index is 1.36. The van der Waals surface area contributed by atoms with E-state index in [-0.39, 0.29) is 31.1 Å². The van der Waals surface area contributed by atoms with Crippen molar-refractivity contribution in [2.75, 3.05) is 11.1 Å². The Hall–Kier alpha value is -3.22. The lowest BCUT2D eigenvalue weighted by Crippen LogP contribution is -2.31. The summed E-state index contributed by atoms with van der Waals surface area (Å²) in [5.74, 6) is 0.205. The fourth-order valence-corrected chi connectivity index (χ4v) is 5.38. The molecule has 2 amide bonds. The number of thioether (sulfide) groups is 1. The number of carbonyl (C=O) groups excluding carboxylic acids is 2. The molecule has 1 aliphatic rings. The van der Waals surface area contributed by atoms with Crippen LogP contribution in [-0.2, 0) is 32.7 Å². The summed E-state index contributed by atoms with van der Waals surface area (Å²) in [7, 11) is 1.97. The van der Waals surface area contributed by atoms with Crippen molar-refractivity contribution in [3.05, 3.63) is 77.6 Å². The highest BCUT2D eigenvalue weighted by Gasteiger charge is 2.32. The summed E-state index contributed by atoms with van der Waals surface area (Å²) in [6, 6.07) is 15.3. The summed E-state index contributed by atoms with van der Waals surface area (Å²) >= 11 is 1.64. The zero-order valence-electron chi connectivity index (χ0n) is 22.5. The molecule has 11 heteroatoms. The molecule has 1 saturated heterocycles. The molecule has 4 N–H and O–H groups in total. The number of hydrogen-bond donors (Lipinski definition) is 4. The molecule has 1 aliphatic heterocycles. The molecule has 0 spiro atoms. The number of aromatic nitrogens is 2. The first-order valence-corrected chi connectivity index (χ1v) is 14.4. The van der Waals surface area contributed by atoms with Crippen LogP contribution in [0.5, 0.6) is 0 Å². The normalized spacial score (nSPS) is 18.8. The van der Waals surface area contributed by atoms with Gasteiger partial charge in [-0.25, -0.2) is 10.5 Å². The van der Waals surface area contributed by atoms with Gasteiger partial charge in [-0.05, 0) is 36.1 Å². The number of amides is 2. The van der Waals surface area contributed by atoms with Gasteiger partial charge in [-0.1, -0.05) is 54.6 Å². The first-order chi connectivity index (χ1) is 19.4. The number of unbranched alkanes of at least 4 members (excludes halogenated alkanes) is 2. The van der Waals surface area contributed by atoms with Gasteiger partial charge in [-0.3, -0.25) is 14.8 Å². The first kappa shape index (κ1) is 29.8. The lowest BCUT2D eigenvalue weighted by atomic mass is 10.0. The summed E-state index contributed by atoms with van der Waals surface area (Å²) in [6.07, 6.45) is 6.13. The number of ether oxygens (including phenoxy) is 2. The third-order valence-electron chi connectivity index (χ3n) is 6.69. The summed E-state index contributed by atoms with van der Waals surface area (Å²) in [4.78, 5) is 27.8. The third-order valence-corrected chi connectivity index (χ3v) is 7.88. The second kappa shape index (κ2) is 15.0. The van der Waals surface area contributed by atoms with Crippen molar-refractivity contribution in [3.8, 4) is 0 Å². The van der Waals surface area contributed by atoms with Crippen LogP contribution in [0.3, 0.4) is 0 Å². The van der Waals surface area contributed by atoms with Gasteiger partial charge >= 0.3 is 0 Å². The van der Waals surface area contributed by atoms with E-state index in [0.717, 1.165) is 34.0 Å². The number of hydroxylamine groups is 1. The molecular weight excluding hydrogens is 532 g/mol. The Bertz CT molecular complexity index is 1230. The Kier molecular flexibility index (Phi) is 11.1. The van der Waals surface area contributed by atoms with E-state index in [1.807, 2.05) is 66.3 Å². The summed E-state index contributed by atoms with van der Waals surface area (Å²) in [5, 5.41) is 21.8. The standard InChI is InChI=1S/C29H36N4O6S/c1-33-16-15-30-29(33)40-19-24-17-25(21-9-7-20(18-34)8-10-21)39-28(38-24)22-11-13-23(14-12-22)31-26(35)5-3-2-4-6-27(36)32-37/h7-16,24-25,28,34,37H,2-6,17-19H2,1H3,(H,31,35)(H,32,36)/t24-,25+,28+/m1/s1. The molecule has 0 saturated carbocycles. The molecule has 214 valence electrons. The largest absolute Gasteiger partial charge is 0.392 e. The second-order valence-electron chi connectivity index (χ2n) is 9.75. The van der Waals surface area contributed by atoms with Gasteiger partial charge in [-0.15, -0.1) is 0 Å². The third kappa shape index (κ3) is 8.64. The Morgan fingerprint density at radius 1 is 1.00 bits per heavy atom. The number of aryl methyl sites for hydroxylation is 1. The Labute approximate surface area is 238 Å². The number of aliphatic hydroxyl groups excluding tert-OH is 1. The number of imidazole rings is 1. The van der Waals surface area contributed by atoms with Crippen molar-refractivity contribution in [1.82, 2.24) is 15.0 Å². The quantitative estimate of drug-likeness (QED) is 0.101. The van der Waals surface area contributed by atoms with Crippen LogP contribution in [0.25, 0.3) is 0 Å². The molecule has 0 bridgehead atoms. The van der Waals surface area contributed by atoms with Crippen LogP contribution in [0.2, 0.25) is 0 Å². The minimum Gasteiger partial charge on any atom is -0.392 e. The summed E-state index contributed by atoms with van der Waals surface area (Å²) in [5.41, 5.74) is 5.02. The van der Waals surface area contributed by atoms with Crippen molar-refractivity contribution in [2.24, 2.45) is 7.05 Å². The zero-order valence-corrected chi connectivity index (χ0v) is 23.3. The molecule has 40 heavy (non-hydrogen) atoms. The first-order valence-electron chi connectivity index (χ1n) is 13.4. The van der Waals surface area contributed by atoms with Crippen LogP contribution in [0.15, 0.2) is 66.1 Å². The van der Waals surface area contributed by atoms with Gasteiger partial charge in [0.2, 0.25) is 11.8 Å². The van der Waals surface area contributed by atoms with Crippen molar-refractivity contribution >= 4 is 29.3 Å². The number of aliphatic hydroxyl groups is 1. The van der Waals surface area contributed by atoms with E-state index < -0.39 is 12.2 Å². The van der Waals surface area contributed by atoms with E-state index in [1.165, 1.54) is 0 Å². The van der Waals surface area contributed by atoms with Crippen LogP contribution < -0.4 is 10.8 Å². The minimum absolute atomic E-state index is 0.00723. The summed E-state index contributed by atoms with van der Waals surface area (Å²) in [6.45, 7) is -0.00723. The van der Waals surface area contributed by atoms with Gasteiger partial charge < -0.3 is 24.5 Å². The van der Waals surface area contributed by atoms with Gasteiger partial charge in [0.25, 0.3) is 0 Å². The molecule has 2 aromatic carbocycles. The predicted octanol–water partition coefficient (Wildman–Crippen LogP) is 4.64. The lowest BCUT2D eigenvalue weighted by Gasteiger charge is -2.36. The van der Waals surface area contributed by atoms with Crippen molar-refractivity contribution < 1.29 is 29.4 Å². The number of hydrogen-bond acceptors (Lipinski definition) is 8. The number of carbonyl (C=O) groups is 2. The highest BCUT2D eigenvalue weighted by atomic mass is 32.2. The Morgan fingerprint density at radius 2 is 1.70 bits per heavy atom. The molecule has 0 aliphatic carbocycles. The predicted molar refractivity (Wildman–Crippen MR) is 150 cm³/mol. The molecule has 4 rings (SSSR count). The topological polar surface area (TPSA) is 135 Å². The summed E-state index contributed by atoms with van der Waals surface area (Å²) < 4.78 is 14.8. The van der Waals surface area contributed by atoms with E-state index in [0.29, 0.717) is 31.4 Å². The molecule has 0 unspecified atom stereocenters. The van der Waals surface area contributed by atoms with E-state index >= 15 is 0 Å². The molecular formula is C29H36N4O6S. The maximum Gasteiger partial charge on any atom is 0.243 e. The van der Waals surface area contributed by atoms with Crippen LogP contribution >= 0.6 is 11.8 Å². The van der Waals surface area contributed by atoms with Gasteiger partial charge in [0.15, 0.2) is 11.4 Å².